The summed E-state index contributed by atoms with van der Waals surface area (Å²) in [5, 5.41) is 9.32. The van der Waals surface area contributed by atoms with Gasteiger partial charge in [0.25, 0.3) is 0 Å². The molecule has 134 valence electrons. The first-order valence-electron chi connectivity index (χ1n) is 8.08. The molecule has 3 heterocycles. The second-order valence-corrected chi connectivity index (χ2v) is 6.02. The number of nitrogens with zero attached hydrogens (tertiary/aromatic N) is 3. The number of aromatic nitrogens is 3. The molecule has 1 aromatic carbocycles. The lowest BCUT2D eigenvalue weighted by atomic mass is 10.0. The van der Waals surface area contributed by atoms with Crippen LogP contribution in [0.1, 0.15) is 16.1 Å². The molecule has 0 spiro atoms. The first kappa shape index (κ1) is 16.8. The van der Waals surface area contributed by atoms with Gasteiger partial charge >= 0.3 is 5.97 Å². The van der Waals surface area contributed by atoms with Crippen LogP contribution in [0.25, 0.3) is 28.0 Å². The smallest absolute Gasteiger partial charge is 0.337 e. The quantitative estimate of drug-likeness (QED) is 0.586. The van der Waals surface area contributed by atoms with Crippen LogP contribution in [0.15, 0.2) is 55.0 Å². The fourth-order valence-corrected chi connectivity index (χ4v) is 3.04. The molecule has 0 unspecified atom stereocenters. The SMILES string of the molecule is Cc1ncc(-c2cccn3c(-c4cccc(F)c4F)ncc23)cc1C(=O)O. The van der Waals surface area contributed by atoms with Gasteiger partial charge in [-0.3, -0.25) is 9.38 Å². The number of fused-ring (bicyclic) bond motifs is 1. The zero-order valence-electron chi connectivity index (χ0n) is 14.1. The number of aromatic carboxylic acids is 1. The minimum atomic E-state index is -1.06. The first-order valence-corrected chi connectivity index (χ1v) is 8.08. The van der Waals surface area contributed by atoms with Crippen molar-refractivity contribution in [1.29, 1.82) is 0 Å². The molecule has 4 aromatic rings. The highest BCUT2D eigenvalue weighted by molar-refractivity contribution is 5.92. The summed E-state index contributed by atoms with van der Waals surface area (Å²) in [5.41, 5.74) is 2.45. The Labute approximate surface area is 152 Å². The summed E-state index contributed by atoms with van der Waals surface area (Å²) in [6.45, 7) is 1.62. The van der Waals surface area contributed by atoms with E-state index in [0.717, 1.165) is 6.07 Å². The predicted octanol–water partition coefficient (Wildman–Crippen LogP) is 4.35. The van der Waals surface area contributed by atoms with Gasteiger partial charge in [0.1, 0.15) is 5.82 Å². The summed E-state index contributed by atoms with van der Waals surface area (Å²) in [6.07, 6.45) is 4.80. The van der Waals surface area contributed by atoms with Crippen LogP contribution >= 0.6 is 0 Å². The molecule has 27 heavy (non-hydrogen) atoms. The molecule has 0 atom stereocenters. The van der Waals surface area contributed by atoms with Crippen LogP contribution in [-0.4, -0.2) is 25.4 Å². The van der Waals surface area contributed by atoms with Crippen LogP contribution in [0.5, 0.6) is 0 Å². The van der Waals surface area contributed by atoms with Crippen molar-refractivity contribution < 1.29 is 18.7 Å². The molecule has 0 aliphatic carbocycles. The molecule has 0 aliphatic rings. The lowest BCUT2D eigenvalue weighted by molar-refractivity contribution is 0.0695. The molecular formula is C20H13F2N3O2. The highest BCUT2D eigenvalue weighted by Gasteiger charge is 2.17. The molecule has 0 saturated heterocycles. The third-order valence-electron chi connectivity index (χ3n) is 4.39. The zero-order valence-corrected chi connectivity index (χ0v) is 14.1. The number of pyridine rings is 2. The van der Waals surface area contributed by atoms with Gasteiger partial charge in [0.15, 0.2) is 11.6 Å². The van der Waals surface area contributed by atoms with E-state index >= 15 is 0 Å². The Morgan fingerprint density at radius 3 is 2.63 bits per heavy atom. The van der Waals surface area contributed by atoms with Gasteiger partial charge in [-0.2, -0.15) is 0 Å². The number of benzene rings is 1. The molecule has 0 fully saturated rings. The molecule has 0 bridgehead atoms. The molecule has 0 aliphatic heterocycles. The minimum Gasteiger partial charge on any atom is -0.478 e. The molecule has 5 nitrogen and oxygen atoms in total. The van der Waals surface area contributed by atoms with Crippen LogP contribution in [0.3, 0.4) is 0 Å². The van der Waals surface area contributed by atoms with Crippen molar-refractivity contribution in [3.63, 3.8) is 0 Å². The van der Waals surface area contributed by atoms with E-state index in [-0.39, 0.29) is 17.0 Å². The summed E-state index contributed by atoms with van der Waals surface area (Å²) in [5.74, 6) is -2.73. The molecule has 0 amide bonds. The van der Waals surface area contributed by atoms with Crippen molar-refractivity contribution >= 4 is 11.5 Å². The third-order valence-corrected chi connectivity index (χ3v) is 4.39. The average molecular weight is 365 g/mol. The normalized spacial score (nSPS) is 11.1. The summed E-state index contributed by atoms with van der Waals surface area (Å²) >= 11 is 0. The molecule has 1 N–H and O–H groups in total. The van der Waals surface area contributed by atoms with E-state index in [1.165, 1.54) is 24.4 Å². The number of imidazole rings is 1. The van der Waals surface area contributed by atoms with Crippen molar-refractivity contribution in [2.45, 2.75) is 6.92 Å². The predicted molar refractivity (Wildman–Crippen MR) is 95.5 cm³/mol. The first-order chi connectivity index (χ1) is 13.0. The lowest BCUT2D eigenvalue weighted by Gasteiger charge is -2.08. The highest BCUT2D eigenvalue weighted by Crippen LogP contribution is 2.30. The second-order valence-electron chi connectivity index (χ2n) is 6.02. The number of carbonyl (C=O) groups is 1. The Morgan fingerprint density at radius 1 is 1.07 bits per heavy atom. The zero-order chi connectivity index (χ0) is 19.1. The van der Waals surface area contributed by atoms with Crippen molar-refractivity contribution in [1.82, 2.24) is 14.4 Å². The van der Waals surface area contributed by atoms with E-state index in [9.17, 15) is 18.7 Å². The molecule has 0 radical (unpaired) electrons. The number of aryl methyl sites for hydroxylation is 1. The Morgan fingerprint density at radius 2 is 1.85 bits per heavy atom. The van der Waals surface area contributed by atoms with Crippen LogP contribution in [0, 0.1) is 18.6 Å². The van der Waals surface area contributed by atoms with Gasteiger partial charge in [-0.05, 0) is 31.2 Å². The standard InChI is InChI=1S/C20H13F2N3O2/c1-11-15(20(26)27)8-12(9-23-11)13-5-3-7-25-17(13)10-24-19(25)14-4-2-6-16(21)18(14)22/h2-10H,1H3,(H,26,27). The topological polar surface area (TPSA) is 67.5 Å². The van der Waals surface area contributed by atoms with Gasteiger partial charge in [-0.15, -0.1) is 0 Å². The van der Waals surface area contributed by atoms with Crippen molar-refractivity contribution in [3.8, 4) is 22.5 Å². The Bertz CT molecular complexity index is 1200. The Hall–Kier alpha value is -3.61. The maximum Gasteiger partial charge on any atom is 0.337 e. The van der Waals surface area contributed by atoms with Gasteiger partial charge < -0.3 is 5.11 Å². The van der Waals surface area contributed by atoms with Crippen LogP contribution in [-0.2, 0) is 0 Å². The number of rotatable bonds is 3. The molecule has 4 rings (SSSR count). The molecule has 7 heteroatoms. The number of halogens is 2. The maximum absolute atomic E-state index is 14.2. The van der Waals surface area contributed by atoms with E-state index < -0.39 is 17.6 Å². The average Bonchev–Trinajstić information content (AvgIpc) is 3.08. The van der Waals surface area contributed by atoms with Crippen molar-refractivity contribution in [3.05, 3.63) is 77.9 Å². The third kappa shape index (κ3) is 2.73. The van der Waals surface area contributed by atoms with Gasteiger partial charge in [-0.1, -0.05) is 12.1 Å². The number of hydrogen-bond donors (Lipinski definition) is 1. The van der Waals surface area contributed by atoms with Crippen molar-refractivity contribution in [2.75, 3.05) is 0 Å². The minimum absolute atomic E-state index is 0.0420. The molecule has 0 saturated carbocycles. The van der Waals surface area contributed by atoms with E-state index in [2.05, 4.69) is 9.97 Å². The van der Waals surface area contributed by atoms with E-state index in [0.29, 0.717) is 22.3 Å². The van der Waals surface area contributed by atoms with E-state index in [1.807, 2.05) is 0 Å². The van der Waals surface area contributed by atoms with Gasteiger partial charge in [0, 0.05) is 23.5 Å². The summed E-state index contributed by atoms with van der Waals surface area (Å²) in [6, 6.07) is 8.98. The highest BCUT2D eigenvalue weighted by atomic mass is 19.2. The lowest BCUT2D eigenvalue weighted by Crippen LogP contribution is -2.02. The van der Waals surface area contributed by atoms with Crippen LogP contribution in [0.4, 0.5) is 8.78 Å². The molecule has 3 aromatic heterocycles. The van der Waals surface area contributed by atoms with Gasteiger partial charge in [0.05, 0.1) is 28.5 Å². The van der Waals surface area contributed by atoms with Gasteiger partial charge in [0.2, 0.25) is 0 Å². The van der Waals surface area contributed by atoms with E-state index in [1.54, 1.807) is 35.9 Å². The Kier molecular flexibility index (Phi) is 3.92. The largest absolute Gasteiger partial charge is 0.478 e. The summed E-state index contributed by atoms with van der Waals surface area (Å²) < 4.78 is 29.4. The van der Waals surface area contributed by atoms with Gasteiger partial charge in [-0.25, -0.2) is 18.6 Å². The summed E-state index contributed by atoms with van der Waals surface area (Å²) in [7, 11) is 0. The maximum atomic E-state index is 14.2. The summed E-state index contributed by atoms with van der Waals surface area (Å²) in [4.78, 5) is 19.8. The Balaban J connectivity index is 1.93. The monoisotopic (exact) mass is 365 g/mol. The van der Waals surface area contributed by atoms with E-state index in [4.69, 9.17) is 0 Å². The molecular weight excluding hydrogens is 352 g/mol. The number of carboxylic acid groups (broad SMARTS) is 1. The fraction of sp³-hybridized carbons (Fsp3) is 0.0500. The number of hydrogen-bond acceptors (Lipinski definition) is 3. The fourth-order valence-electron chi connectivity index (χ4n) is 3.04. The number of carboxylic acids is 1. The van der Waals surface area contributed by atoms with Crippen LogP contribution < -0.4 is 0 Å². The van der Waals surface area contributed by atoms with Crippen LogP contribution in [0.2, 0.25) is 0 Å². The van der Waals surface area contributed by atoms with Crippen molar-refractivity contribution in [2.24, 2.45) is 0 Å². The second kappa shape index (κ2) is 6.28.